The Morgan fingerprint density at radius 2 is 1.59 bits per heavy atom. The second-order valence-corrected chi connectivity index (χ2v) is 11.7. The summed E-state index contributed by atoms with van der Waals surface area (Å²) in [4.78, 5) is 30.7. The number of nitrogens with one attached hydrogen (secondary N) is 1. The Balaban J connectivity index is 1.52. The van der Waals surface area contributed by atoms with Gasteiger partial charge in [0.15, 0.2) is 0 Å². The number of hydrogen-bond donors (Lipinski definition) is 1. The molecular weight excluding hydrogens is 581 g/mol. The van der Waals surface area contributed by atoms with E-state index in [1.165, 1.54) is 24.5 Å². The summed E-state index contributed by atoms with van der Waals surface area (Å²) in [6, 6.07) is 4.72. The van der Waals surface area contributed by atoms with Crippen molar-refractivity contribution in [3.63, 3.8) is 0 Å². The summed E-state index contributed by atoms with van der Waals surface area (Å²) in [5, 5.41) is 2.57. The van der Waals surface area contributed by atoms with Crippen molar-refractivity contribution in [2.45, 2.75) is 38.5 Å². The average molecular weight is 618 g/mol. The Bertz CT molecular complexity index is 1490. The van der Waals surface area contributed by atoms with Crippen LogP contribution in [0, 0.1) is 11.6 Å². The monoisotopic (exact) mass is 617 g/mol. The molecule has 1 N–H and O–H groups in total. The molecule has 13 heteroatoms. The molecule has 0 aliphatic carbocycles. The molecule has 44 heavy (non-hydrogen) atoms. The summed E-state index contributed by atoms with van der Waals surface area (Å²) in [7, 11) is 4.04. The number of nitrogens with zero attached hydrogens (tertiary/aromatic N) is 6. The van der Waals surface area contributed by atoms with Crippen LogP contribution in [-0.4, -0.2) is 91.1 Å². The fraction of sp³-hybridized carbons (Fsp3) is 0.452. The lowest BCUT2D eigenvalue weighted by atomic mass is 10.0. The van der Waals surface area contributed by atoms with E-state index in [1.807, 2.05) is 25.8 Å². The quantitative estimate of drug-likeness (QED) is 0.387. The third-order valence-electron chi connectivity index (χ3n) is 8.52. The highest BCUT2D eigenvalue weighted by atomic mass is 19.4. The van der Waals surface area contributed by atoms with Crippen LogP contribution in [-0.2, 0) is 6.18 Å². The average Bonchev–Trinajstić information content (AvgIpc) is 3.20. The van der Waals surface area contributed by atoms with Crippen molar-refractivity contribution >= 4 is 23.2 Å². The van der Waals surface area contributed by atoms with E-state index in [2.05, 4.69) is 37.0 Å². The molecule has 1 amide bonds. The number of piperazine rings is 1. The Labute approximate surface area is 253 Å². The third kappa shape index (κ3) is 6.78. The lowest BCUT2D eigenvalue weighted by molar-refractivity contribution is -0.138. The predicted octanol–water partition coefficient (Wildman–Crippen LogP) is 5.36. The van der Waals surface area contributed by atoms with Crippen molar-refractivity contribution in [1.82, 2.24) is 19.8 Å². The van der Waals surface area contributed by atoms with E-state index >= 15 is 4.39 Å². The molecule has 0 bridgehead atoms. The fourth-order valence-electron chi connectivity index (χ4n) is 5.76. The van der Waals surface area contributed by atoms with Gasteiger partial charge in [-0.05, 0) is 71.2 Å². The maximum absolute atomic E-state index is 15.8. The SMILES string of the molecule is CC1CN(c2cc(F)c(-c3cnc(N4CCCN(C)CC4)nc3)cc2NC(=O)c2ccc(F)cc2C(F)(F)F)CC(C)N1C. The second kappa shape index (κ2) is 12.6. The Morgan fingerprint density at radius 1 is 0.909 bits per heavy atom. The zero-order chi connectivity index (χ0) is 31.8. The van der Waals surface area contributed by atoms with Crippen molar-refractivity contribution < 1.29 is 26.7 Å². The Hall–Kier alpha value is -3.84. The van der Waals surface area contributed by atoms with Gasteiger partial charge in [-0.1, -0.05) is 0 Å². The number of anilines is 3. The molecule has 236 valence electrons. The summed E-state index contributed by atoms with van der Waals surface area (Å²) in [5.74, 6) is -2.28. The minimum Gasteiger partial charge on any atom is -0.367 e. The molecule has 1 aromatic heterocycles. The third-order valence-corrected chi connectivity index (χ3v) is 8.52. The van der Waals surface area contributed by atoms with E-state index in [0.29, 0.717) is 30.3 Å². The van der Waals surface area contributed by atoms with Crippen LogP contribution in [0.25, 0.3) is 11.1 Å². The maximum Gasteiger partial charge on any atom is 0.417 e. The molecule has 2 unspecified atom stereocenters. The number of benzene rings is 2. The van der Waals surface area contributed by atoms with Crippen LogP contribution in [0.2, 0.25) is 0 Å². The molecule has 5 rings (SSSR count). The van der Waals surface area contributed by atoms with E-state index in [4.69, 9.17) is 0 Å². The van der Waals surface area contributed by atoms with E-state index in [0.717, 1.165) is 44.7 Å². The van der Waals surface area contributed by atoms with Gasteiger partial charge in [-0.2, -0.15) is 13.2 Å². The summed E-state index contributed by atoms with van der Waals surface area (Å²) < 4.78 is 70.8. The van der Waals surface area contributed by atoms with Crippen LogP contribution in [0.15, 0.2) is 42.7 Å². The van der Waals surface area contributed by atoms with Crippen LogP contribution in [0.5, 0.6) is 0 Å². The minimum absolute atomic E-state index is 0.0802. The smallest absolute Gasteiger partial charge is 0.367 e. The molecule has 0 radical (unpaired) electrons. The first-order valence-electron chi connectivity index (χ1n) is 14.6. The lowest BCUT2D eigenvalue weighted by Gasteiger charge is -2.44. The first kappa shape index (κ1) is 31.6. The van der Waals surface area contributed by atoms with E-state index in [1.54, 1.807) is 0 Å². The van der Waals surface area contributed by atoms with Crippen LogP contribution < -0.4 is 15.1 Å². The largest absolute Gasteiger partial charge is 0.417 e. The minimum atomic E-state index is -4.96. The van der Waals surface area contributed by atoms with Gasteiger partial charge in [-0.15, -0.1) is 0 Å². The summed E-state index contributed by atoms with van der Waals surface area (Å²) in [6.07, 6.45) is -1.01. The molecule has 8 nitrogen and oxygen atoms in total. The van der Waals surface area contributed by atoms with Crippen molar-refractivity contribution in [3.05, 3.63) is 65.5 Å². The molecule has 3 heterocycles. The highest BCUT2D eigenvalue weighted by molar-refractivity contribution is 6.07. The first-order valence-corrected chi connectivity index (χ1v) is 14.6. The van der Waals surface area contributed by atoms with Gasteiger partial charge in [0, 0.05) is 68.3 Å². The standard InChI is InChI=1S/C31H36F5N7O/c1-19-17-43(18-20(2)41(19)4)28-14-26(33)24(21-15-37-30(38-16-21)42-9-5-8-40(3)10-11-42)13-27(28)39-29(44)23-7-6-22(32)12-25(23)31(34,35)36/h6-7,12-16,19-20H,5,8-11,17-18H2,1-4H3,(H,39,44). The number of rotatable bonds is 5. The van der Waals surface area contributed by atoms with E-state index in [-0.39, 0.29) is 29.4 Å². The number of aromatic nitrogens is 2. The fourth-order valence-corrected chi connectivity index (χ4v) is 5.76. The van der Waals surface area contributed by atoms with Crippen LogP contribution in [0.4, 0.5) is 39.3 Å². The first-order chi connectivity index (χ1) is 20.8. The van der Waals surface area contributed by atoms with Gasteiger partial charge < -0.3 is 20.0 Å². The molecule has 0 spiro atoms. The van der Waals surface area contributed by atoms with E-state index in [9.17, 15) is 22.4 Å². The molecule has 2 aromatic carbocycles. The number of carbonyl (C=O) groups is 1. The number of likely N-dealkylation sites (N-methyl/N-ethyl adjacent to an activating group) is 2. The van der Waals surface area contributed by atoms with Gasteiger partial charge in [-0.25, -0.2) is 18.7 Å². The summed E-state index contributed by atoms with van der Waals surface area (Å²) >= 11 is 0. The Morgan fingerprint density at radius 3 is 2.25 bits per heavy atom. The van der Waals surface area contributed by atoms with Crippen LogP contribution in [0.3, 0.4) is 0 Å². The van der Waals surface area contributed by atoms with Crippen LogP contribution >= 0.6 is 0 Å². The van der Waals surface area contributed by atoms with Gasteiger partial charge in [0.25, 0.3) is 5.91 Å². The van der Waals surface area contributed by atoms with Gasteiger partial charge >= 0.3 is 6.18 Å². The second-order valence-electron chi connectivity index (χ2n) is 11.7. The van der Waals surface area contributed by atoms with Gasteiger partial charge in [-0.3, -0.25) is 9.69 Å². The number of carbonyl (C=O) groups excluding carboxylic acids is 1. The highest BCUT2D eigenvalue weighted by Crippen LogP contribution is 2.37. The summed E-state index contributed by atoms with van der Waals surface area (Å²) in [6.45, 7) is 8.38. The molecule has 2 saturated heterocycles. The van der Waals surface area contributed by atoms with Crippen LogP contribution in [0.1, 0.15) is 36.2 Å². The van der Waals surface area contributed by atoms with Crippen molar-refractivity contribution in [3.8, 4) is 11.1 Å². The van der Waals surface area contributed by atoms with Gasteiger partial charge in [0.2, 0.25) is 5.95 Å². The molecule has 2 aliphatic heterocycles. The topological polar surface area (TPSA) is 67.8 Å². The van der Waals surface area contributed by atoms with Gasteiger partial charge in [0.1, 0.15) is 11.6 Å². The Kier molecular flexibility index (Phi) is 9.07. The normalized spacial score (nSPS) is 20.5. The number of hydrogen-bond acceptors (Lipinski definition) is 7. The number of halogens is 5. The number of alkyl halides is 3. The summed E-state index contributed by atoms with van der Waals surface area (Å²) in [5.41, 5.74) is -1.27. The molecule has 3 aromatic rings. The molecule has 2 aliphatic rings. The zero-order valence-electron chi connectivity index (χ0n) is 25.1. The predicted molar refractivity (Wildman–Crippen MR) is 160 cm³/mol. The zero-order valence-corrected chi connectivity index (χ0v) is 25.1. The van der Waals surface area contributed by atoms with Crippen molar-refractivity contribution in [2.75, 3.05) is 68.5 Å². The molecule has 2 atom stereocenters. The maximum atomic E-state index is 15.8. The number of amides is 1. The highest BCUT2D eigenvalue weighted by Gasteiger charge is 2.36. The van der Waals surface area contributed by atoms with Crippen molar-refractivity contribution in [2.24, 2.45) is 0 Å². The molecular formula is C31H36F5N7O. The molecule has 2 fully saturated rings. The van der Waals surface area contributed by atoms with Gasteiger partial charge in [0.05, 0.1) is 22.5 Å². The van der Waals surface area contributed by atoms with Crippen molar-refractivity contribution in [1.29, 1.82) is 0 Å². The molecule has 0 saturated carbocycles. The van der Waals surface area contributed by atoms with E-state index < -0.39 is 34.8 Å². The lowest BCUT2D eigenvalue weighted by Crippen LogP contribution is -2.55.